The number of carbonyl (C=O) groups is 2. The number of aliphatic hydroxyl groups is 4. The highest BCUT2D eigenvalue weighted by atomic mass is 16.8. The molecule has 2 fully saturated rings. The highest BCUT2D eigenvalue weighted by Crippen LogP contribution is 2.33. The van der Waals surface area contributed by atoms with Crippen molar-refractivity contribution < 1.29 is 78.5 Å². The molecule has 0 saturated carbocycles. The molecule has 2 heterocycles. The van der Waals surface area contributed by atoms with Crippen LogP contribution in [0.1, 0.15) is 25.0 Å². The maximum Gasteiger partial charge on any atom is 0.331 e. The molecule has 0 bridgehead atoms. The molecule has 10 atom stereocenters. The van der Waals surface area contributed by atoms with E-state index in [1.807, 2.05) is 0 Å². The maximum atomic E-state index is 13.0. The molecule has 2 aliphatic heterocycles. The van der Waals surface area contributed by atoms with Crippen molar-refractivity contribution in [3.05, 3.63) is 53.6 Å². The Morgan fingerprint density at radius 1 is 0.854 bits per heavy atom. The van der Waals surface area contributed by atoms with E-state index in [0.29, 0.717) is 11.1 Å². The molecule has 0 spiro atoms. The molecule has 48 heavy (non-hydrogen) atoms. The van der Waals surface area contributed by atoms with Gasteiger partial charge >= 0.3 is 11.9 Å². The molecular weight excluding hydrogens is 640 g/mol. The Bertz CT molecular complexity index is 1430. The Labute approximate surface area is 275 Å². The van der Waals surface area contributed by atoms with Crippen molar-refractivity contribution >= 4 is 18.0 Å². The van der Waals surface area contributed by atoms with Crippen LogP contribution in [0.3, 0.4) is 0 Å². The van der Waals surface area contributed by atoms with Gasteiger partial charge in [0.05, 0.1) is 26.4 Å². The van der Waals surface area contributed by atoms with E-state index in [9.17, 15) is 45.3 Å². The van der Waals surface area contributed by atoms with Gasteiger partial charge in [-0.05, 0) is 54.8 Å². The van der Waals surface area contributed by atoms with Crippen LogP contribution in [0.25, 0.3) is 6.08 Å². The fourth-order valence-electron chi connectivity index (χ4n) is 5.21. The number of ether oxygens (including phenoxy) is 7. The summed E-state index contributed by atoms with van der Waals surface area (Å²) in [6.07, 6.45) is -12.4. The van der Waals surface area contributed by atoms with Crippen molar-refractivity contribution in [1.82, 2.24) is 0 Å². The fourth-order valence-corrected chi connectivity index (χ4v) is 5.21. The minimum atomic E-state index is -1.80. The molecule has 2 aromatic carbocycles. The minimum absolute atomic E-state index is 0.0433. The molecule has 16 heteroatoms. The molecule has 0 aliphatic carbocycles. The zero-order chi connectivity index (χ0) is 35.1. The average molecular weight is 681 g/mol. The molecule has 0 radical (unpaired) electrons. The lowest BCUT2D eigenvalue weighted by Gasteiger charge is -2.47. The number of methoxy groups -OCH3 is 1. The Kier molecular flexibility index (Phi) is 12.6. The van der Waals surface area contributed by atoms with Crippen LogP contribution in [0.2, 0.25) is 0 Å². The van der Waals surface area contributed by atoms with Crippen LogP contribution in [0.5, 0.6) is 23.0 Å². The number of hydrogen-bond donors (Lipinski definition) is 7. The average Bonchev–Trinajstić information content (AvgIpc) is 3.05. The van der Waals surface area contributed by atoms with Gasteiger partial charge in [0.1, 0.15) is 30.5 Å². The second kappa shape index (κ2) is 16.4. The summed E-state index contributed by atoms with van der Waals surface area (Å²) < 4.78 is 39.7. The molecule has 0 aromatic heterocycles. The van der Waals surface area contributed by atoms with Gasteiger partial charge in [0.25, 0.3) is 0 Å². The summed E-state index contributed by atoms with van der Waals surface area (Å²) in [6.45, 7) is 1.73. The molecule has 16 nitrogen and oxygen atoms in total. The van der Waals surface area contributed by atoms with Gasteiger partial charge in [-0.3, -0.25) is 4.79 Å². The van der Waals surface area contributed by atoms with E-state index in [4.69, 9.17) is 33.2 Å². The smallest absolute Gasteiger partial charge is 0.331 e. The third kappa shape index (κ3) is 8.91. The normalized spacial score (nSPS) is 30.6. The summed E-state index contributed by atoms with van der Waals surface area (Å²) in [5.74, 6) is -2.42. The maximum absolute atomic E-state index is 13.0. The minimum Gasteiger partial charge on any atom is -0.504 e. The third-order valence-corrected chi connectivity index (χ3v) is 7.75. The fraction of sp³-hybridized carbons (Fsp3) is 0.500. The van der Waals surface area contributed by atoms with Crippen LogP contribution in [0.15, 0.2) is 42.5 Å². The van der Waals surface area contributed by atoms with Crippen LogP contribution >= 0.6 is 0 Å². The molecular formula is C32H40O16. The summed E-state index contributed by atoms with van der Waals surface area (Å²) >= 11 is 0. The highest BCUT2D eigenvalue weighted by molar-refractivity contribution is 5.87. The van der Waals surface area contributed by atoms with Gasteiger partial charge in [-0.2, -0.15) is 0 Å². The van der Waals surface area contributed by atoms with Crippen LogP contribution < -0.4 is 4.74 Å². The van der Waals surface area contributed by atoms with E-state index in [-0.39, 0.29) is 30.3 Å². The van der Waals surface area contributed by atoms with Crippen LogP contribution in [-0.2, 0) is 44.4 Å². The van der Waals surface area contributed by atoms with Crippen molar-refractivity contribution in [2.45, 2.75) is 81.7 Å². The Morgan fingerprint density at radius 2 is 1.58 bits per heavy atom. The molecule has 2 saturated heterocycles. The van der Waals surface area contributed by atoms with Crippen LogP contribution in [0.4, 0.5) is 0 Å². The van der Waals surface area contributed by atoms with Crippen LogP contribution in [-0.4, -0.2) is 129 Å². The number of aliphatic hydroxyl groups excluding tert-OH is 4. The number of rotatable bonds is 12. The van der Waals surface area contributed by atoms with E-state index in [0.717, 1.165) is 13.0 Å². The number of esters is 2. The van der Waals surface area contributed by atoms with Crippen molar-refractivity contribution in [1.29, 1.82) is 0 Å². The Balaban J connectivity index is 1.61. The predicted molar refractivity (Wildman–Crippen MR) is 162 cm³/mol. The van der Waals surface area contributed by atoms with Gasteiger partial charge in [-0.25, -0.2) is 4.79 Å². The quantitative estimate of drug-likeness (QED) is 0.0877. The first-order valence-corrected chi connectivity index (χ1v) is 15.0. The summed E-state index contributed by atoms with van der Waals surface area (Å²) in [4.78, 5) is 25.3. The lowest BCUT2D eigenvalue weighted by molar-refractivity contribution is -0.358. The largest absolute Gasteiger partial charge is 0.504 e. The van der Waals surface area contributed by atoms with E-state index in [1.165, 1.54) is 44.4 Å². The monoisotopic (exact) mass is 680 g/mol. The Morgan fingerprint density at radius 3 is 2.25 bits per heavy atom. The summed E-state index contributed by atoms with van der Waals surface area (Å²) in [7, 11) is 1.40. The summed E-state index contributed by atoms with van der Waals surface area (Å²) in [5, 5.41) is 70.8. The van der Waals surface area contributed by atoms with E-state index in [2.05, 4.69) is 0 Å². The van der Waals surface area contributed by atoms with Gasteiger partial charge in [0.15, 0.2) is 47.8 Å². The SMILES string of the molecule is COc1cc(CCO[C@@H]2O[C@H](CO)[C@@H](OC(=O)/C=C/c3ccc(O)c(O)c3)[C@H](O[C@@H]3O[C@@H](C)[C@H](O)[C@@H](O)[C@H]3O)[C@H]2OC(C)=O)ccc1O. The standard InChI is InChI=1S/C32H40O16/c1-15-25(39)26(40)27(41)31(44-15)48-29-28(47-24(38)9-6-17-4-7-19(35)21(37)12-17)23(14-33)46-32(30(29)45-16(2)34)43-11-10-18-5-8-20(36)22(13-18)42-3/h4-9,12-13,15,23,25-33,35-37,39-41H,10-11,14H2,1-3H3/b9-6+/t15-,23+,25-,26+,27+,28+,29-,30+,31-,32+/m0/s1. The second-order valence-corrected chi connectivity index (χ2v) is 11.2. The topological polar surface area (TPSA) is 240 Å². The molecule has 0 amide bonds. The molecule has 0 unspecified atom stereocenters. The Hall–Kier alpha value is -4.00. The third-order valence-electron chi connectivity index (χ3n) is 7.75. The first-order valence-electron chi connectivity index (χ1n) is 15.0. The van der Waals surface area contributed by atoms with Crippen molar-refractivity contribution in [3.63, 3.8) is 0 Å². The number of phenolic OH excluding ortho intramolecular Hbond substituents is 3. The number of aromatic hydroxyl groups is 3. The second-order valence-electron chi connectivity index (χ2n) is 11.2. The number of phenols is 3. The first-order chi connectivity index (χ1) is 22.8. The summed E-state index contributed by atoms with van der Waals surface area (Å²) in [6, 6.07) is 8.50. The lowest BCUT2D eigenvalue weighted by atomic mass is 9.96. The first kappa shape index (κ1) is 36.8. The molecule has 4 rings (SSSR count). The predicted octanol–water partition coefficient (Wildman–Crippen LogP) is -0.142. The lowest BCUT2D eigenvalue weighted by Crippen LogP contribution is -2.65. The van der Waals surface area contributed by atoms with E-state index >= 15 is 0 Å². The zero-order valence-electron chi connectivity index (χ0n) is 26.3. The van der Waals surface area contributed by atoms with Gasteiger partial charge in [-0.1, -0.05) is 12.1 Å². The summed E-state index contributed by atoms with van der Waals surface area (Å²) in [5.41, 5.74) is 1.03. The van der Waals surface area contributed by atoms with E-state index < -0.39 is 85.7 Å². The van der Waals surface area contributed by atoms with Gasteiger partial charge in [0.2, 0.25) is 0 Å². The number of benzene rings is 2. The van der Waals surface area contributed by atoms with Gasteiger partial charge in [0, 0.05) is 13.0 Å². The van der Waals surface area contributed by atoms with E-state index in [1.54, 1.807) is 12.1 Å². The van der Waals surface area contributed by atoms with Crippen molar-refractivity contribution in [3.8, 4) is 23.0 Å². The molecule has 264 valence electrons. The molecule has 2 aromatic rings. The van der Waals surface area contributed by atoms with Crippen molar-refractivity contribution in [2.75, 3.05) is 20.3 Å². The molecule has 7 N–H and O–H groups in total. The van der Waals surface area contributed by atoms with Gasteiger partial charge in [-0.15, -0.1) is 0 Å². The van der Waals surface area contributed by atoms with Crippen molar-refractivity contribution in [2.24, 2.45) is 0 Å². The highest BCUT2D eigenvalue weighted by Gasteiger charge is 2.54. The van der Waals surface area contributed by atoms with Crippen LogP contribution in [0, 0.1) is 0 Å². The zero-order valence-corrected chi connectivity index (χ0v) is 26.3. The molecule has 2 aliphatic rings. The number of hydrogen-bond acceptors (Lipinski definition) is 16. The number of carbonyl (C=O) groups excluding carboxylic acids is 2. The van der Waals surface area contributed by atoms with Gasteiger partial charge < -0.3 is 68.9 Å².